The molecule has 0 aliphatic rings. The summed E-state index contributed by atoms with van der Waals surface area (Å²) in [5.74, 6) is 0.816. The Hall–Kier alpha value is -3.35. The number of fused-ring (bicyclic) bond motifs is 1. The van der Waals surface area contributed by atoms with E-state index in [0.29, 0.717) is 5.82 Å². The molecule has 7 nitrogen and oxygen atoms in total. The molecule has 1 amide bonds. The molecule has 1 heterocycles. The Balaban J connectivity index is 1.75. The van der Waals surface area contributed by atoms with Gasteiger partial charge in [-0.25, -0.2) is 4.98 Å². The monoisotopic (exact) mass is 381 g/mol. The van der Waals surface area contributed by atoms with Gasteiger partial charge in [-0.2, -0.15) is 0 Å². The first kappa shape index (κ1) is 19.4. The van der Waals surface area contributed by atoms with E-state index in [1.165, 1.54) is 7.11 Å². The summed E-state index contributed by atoms with van der Waals surface area (Å²) < 4.78 is 12.3. The van der Waals surface area contributed by atoms with Crippen molar-refractivity contribution in [1.29, 1.82) is 0 Å². The lowest BCUT2D eigenvalue weighted by atomic mass is 10.2. The standard InChI is InChI=1S/C21H23N3O4/c1-15(12-21(26)27-2)22-20(25)13-24-18-11-7-6-10-17(18)23-19(24)14-28-16-8-4-3-5-9-16/h3-11,15H,12-14H2,1-2H3,(H,22,25). The van der Waals surface area contributed by atoms with Gasteiger partial charge in [-0.15, -0.1) is 0 Å². The van der Waals surface area contributed by atoms with Crippen molar-refractivity contribution in [3.05, 3.63) is 60.4 Å². The lowest BCUT2D eigenvalue weighted by Crippen LogP contribution is -2.37. The van der Waals surface area contributed by atoms with Crippen molar-refractivity contribution in [2.24, 2.45) is 0 Å². The van der Waals surface area contributed by atoms with Crippen molar-refractivity contribution < 1.29 is 19.1 Å². The largest absolute Gasteiger partial charge is 0.486 e. The molecule has 1 aromatic heterocycles. The molecule has 0 spiro atoms. The average molecular weight is 381 g/mol. The highest BCUT2D eigenvalue weighted by atomic mass is 16.5. The van der Waals surface area contributed by atoms with Gasteiger partial charge in [-0.3, -0.25) is 9.59 Å². The summed E-state index contributed by atoms with van der Waals surface area (Å²) in [5.41, 5.74) is 1.65. The van der Waals surface area contributed by atoms with Crippen LogP contribution in [0, 0.1) is 0 Å². The van der Waals surface area contributed by atoms with Crippen LogP contribution >= 0.6 is 0 Å². The van der Waals surface area contributed by atoms with E-state index >= 15 is 0 Å². The third-order valence-corrected chi connectivity index (χ3v) is 4.25. The number of para-hydroxylation sites is 3. The van der Waals surface area contributed by atoms with E-state index in [1.54, 1.807) is 6.92 Å². The number of nitrogens with zero attached hydrogens (tertiary/aromatic N) is 2. The van der Waals surface area contributed by atoms with Crippen molar-refractivity contribution in [3.8, 4) is 5.75 Å². The van der Waals surface area contributed by atoms with Gasteiger partial charge in [-0.1, -0.05) is 30.3 Å². The number of esters is 1. The number of imidazole rings is 1. The second kappa shape index (κ2) is 9.03. The van der Waals surface area contributed by atoms with E-state index in [-0.39, 0.29) is 37.5 Å². The van der Waals surface area contributed by atoms with E-state index in [4.69, 9.17) is 4.74 Å². The number of amides is 1. The first-order valence-electron chi connectivity index (χ1n) is 9.05. The summed E-state index contributed by atoms with van der Waals surface area (Å²) >= 11 is 0. The molecule has 0 aliphatic heterocycles. The van der Waals surface area contributed by atoms with Crippen molar-refractivity contribution in [2.45, 2.75) is 32.5 Å². The van der Waals surface area contributed by atoms with Crippen LogP contribution in [-0.4, -0.2) is 34.6 Å². The van der Waals surface area contributed by atoms with Crippen LogP contribution in [0.15, 0.2) is 54.6 Å². The minimum absolute atomic E-state index is 0.0828. The number of aromatic nitrogens is 2. The molecule has 146 valence electrons. The van der Waals surface area contributed by atoms with Crippen molar-refractivity contribution in [3.63, 3.8) is 0 Å². The molecule has 0 radical (unpaired) electrons. The molecule has 3 rings (SSSR count). The van der Waals surface area contributed by atoms with Crippen LogP contribution in [-0.2, 0) is 27.5 Å². The van der Waals surface area contributed by atoms with Crippen molar-refractivity contribution >= 4 is 22.9 Å². The highest BCUT2D eigenvalue weighted by molar-refractivity contribution is 5.81. The fourth-order valence-corrected chi connectivity index (χ4v) is 2.93. The number of carbonyl (C=O) groups is 2. The quantitative estimate of drug-likeness (QED) is 0.607. The average Bonchev–Trinajstić information content (AvgIpc) is 3.04. The van der Waals surface area contributed by atoms with E-state index < -0.39 is 0 Å². The molecule has 1 atom stereocenters. The minimum Gasteiger partial charge on any atom is -0.486 e. The van der Waals surface area contributed by atoms with Gasteiger partial charge in [0, 0.05) is 6.04 Å². The van der Waals surface area contributed by atoms with E-state index in [9.17, 15) is 9.59 Å². The molecular weight excluding hydrogens is 358 g/mol. The predicted octanol–water partition coefficient (Wildman–Crippen LogP) is 2.68. The Labute approximate surface area is 163 Å². The molecule has 0 bridgehead atoms. The van der Waals surface area contributed by atoms with Gasteiger partial charge in [-0.05, 0) is 31.2 Å². The zero-order valence-electron chi connectivity index (χ0n) is 15.9. The van der Waals surface area contributed by atoms with Gasteiger partial charge >= 0.3 is 5.97 Å². The third kappa shape index (κ3) is 4.88. The van der Waals surface area contributed by atoms with Crippen LogP contribution < -0.4 is 10.1 Å². The van der Waals surface area contributed by atoms with E-state index in [1.807, 2.05) is 59.2 Å². The van der Waals surface area contributed by atoms with Crippen molar-refractivity contribution in [2.75, 3.05) is 7.11 Å². The van der Waals surface area contributed by atoms with Crippen LogP contribution in [0.25, 0.3) is 11.0 Å². The Bertz CT molecular complexity index is 953. The Morgan fingerprint density at radius 2 is 1.82 bits per heavy atom. The predicted molar refractivity (Wildman–Crippen MR) is 105 cm³/mol. The summed E-state index contributed by atoms with van der Waals surface area (Å²) in [4.78, 5) is 28.5. The zero-order chi connectivity index (χ0) is 19.9. The SMILES string of the molecule is COC(=O)CC(C)NC(=O)Cn1c(COc2ccccc2)nc2ccccc21. The number of benzene rings is 2. The van der Waals surface area contributed by atoms with Crippen LogP contribution in [0.3, 0.4) is 0 Å². The molecule has 0 fully saturated rings. The number of nitrogens with one attached hydrogen (secondary N) is 1. The summed E-state index contributed by atoms with van der Waals surface area (Å²) in [5, 5.41) is 2.82. The fraction of sp³-hybridized carbons (Fsp3) is 0.286. The number of ether oxygens (including phenoxy) is 2. The number of methoxy groups -OCH3 is 1. The third-order valence-electron chi connectivity index (χ3n) is 4.25. The van der Waals surface area contributed by atoms with Crippen LogP contribution in [0.2, 0.25) is 0 Å². The Morgan fingerprint density at radius 3 is 2.57 bits per heavy atom. The van der Waals surface area contributed by atoms with Crippen LogP contribution in [0.1, 0.15) is 19.2 Å². The van der Waals surface area contributed by atoms with Gasteiger partial charge in [0.2, 0.25) is 5.91 Å². The highest BCUT2D eigenvalue weighted by Crippen LogP contribution is 2.18. The number of hydrogen-bond acceptors (Lipinski definition) is 5. The van der Waals surface area contributed by atoms with Gasteiger partial charge in [0.25, 0.3) is 0 Å². The highest BCUT2D eigenvalue weighted by Gasteiger charge is 2.17. The van der Waals surface area contributed by atoms with Gasteiger partial charge in [0.1, 0.15) is 24.7 Å². The molecule has 7 heteroatoms. The lowest BCUT2D eigenvalue weighted by Gasteiger charge is -2.14. The molecule has 28 heavy (non-hydrogen) atoms. The summed E-state index contributed by atoms with van der Waals surface area (Å²) in [6.45, 7) is 2.09. The molecule has 1 unspecified atom stereocenters. The molecular formula is C21H23N3O4. The molecule has 0 aliphatic carbocycles. The maximum atomic E-state index is 12.5. The summed E-state index contributed by atoms with van der Waals surface area (Å²) in [6, 6.07) is 16.8. The molecule has 1 N–H and O–H groups in total. The molecule has 0 saturated carbocycles. The summed E-state index contributed by atoms with van der Waals surface area (Å²) in [7, 11) is 1.33. The smallest absolute Gasteiger partial charge is 0.307 e. The van der Waals surface area contributed by atoms with Gasteiger partial charge < -0.3 is 19.4 Å². The van der Waals surface area contributed by atoms with Gasteiger partial charge in [0.15, 0.2) is 0 Å². The molecule has 3 aromatic rings. The van der Waals surface area contributed by atoms with Gasteiger partial charge in [0.05, 0.1) is 24.6 Å². The normalized spacial score (nSPS) is 11.8. The van der Waals surface area contributed by atoms with Crippen LogP contribution in [0.4, 0.5) is 0 Å². The summed E-state index contributed by atoms with van der Waals surface area (Å²) in [6.07, 6.45) is 0.122. The maximum absolute atomic E-state index is 12.5. The Kier molecular flexibility index (Phi) is 6.26. The number of carbonyl (C=O) groups excluding carboxylic acids is 2. The lowest BCUT2D eigenvalue weighted by molar-refractivity contribution is -0.141. The second-order valence-corrected chi connectivity index (χ2v) is 6.45. The molecule has 2 aromatic carbocycles. The number of rotatable bonds is 8. The Morgan fingerprint density at radius 1 is 1.11 bits per heavy atom. The first-order valence-corrected chi connectivity index (χ1v) is 9.05. The molecule has 0 saturated heterocycles. The van der Waals surface area contributed by atoms with E-state index in [2.05, 4.69) is 15.0 Å². The van der Waals surface area contributed by atoms with Crippen molar-refractivity contribution in [1.82, 2.24) is 14.9 Å². The maximum Gasteiger partial charge on any atom is 0.307 e. The topological polar surface area (TPSA) is 82.5 Å². The fourth-order valence-electron chi connectivity index (χ4n) is 2.93. The minimum atomic E-state index is -0.363. The zero-order valence-corrected chi connectivity index (χ0v) is 15.9. The second-order valence-electron chi connectivity index (χ2n) is 6.45. The first-order chi connectivity index (χ1) is 13.6. The van der Waals surface area contributed by atoms with E-state index in [0.717, 1.165) is 16.8 Å². The number of hydrogen-bond donors (Lipinski definition) is 1. The van der Waals surface area contributed by atoms with Crippen LogP contribution in [0.5, 0.6) is 5.75 Å².